The second kappa shape index (κ2) is 16.6. The normalized spacial score (nSPS) is 32.6. The summed E-state index contributed by atoms with van der Waals surface area (Å²) in [4.78, 5) is 83.1. The van der Waals surface area contributed by atoms with Crippen molar-refractivity contribution >= 4 is 46.7 Å². The Hall–Kier alpha value is -4.61. The van der Waals surface area contributed by atoms with Crippen LogP contribution in [0.5, 0.6) is 0 Å². The van der Waals surface area contributed by atoms with Gasteiger partial charge in [-0.2, -0.15) is 0 Å². The van der Waals surface area contributed by atoms with E-state index in [1.54, 1.807) is 62.4 Å². The number of carbonyl (C=O) groups is 6. The number of thioether (sulfide) groups is 1. The summed E-state index contributed by atoms with van der Waals surface area (Å²) in [5, 5.41) is 39.6. The summed E-state index contributed by atoms with van der Waals surface area (Å²) in [6.07, 6.45) is -10.4. The lowest BCUT2D eigenvalue weighted by Gasteiger charge is -2.67. The molecular formula is C45H55NO14S. The highest BCUT2D eigenvalue weighted by atomic mass is 32.2. The molecule has 1 saturated heterocycles. The zero-order chi connectivity index (χ0) is 45.0. The number of hydrogen-bond acceptors (Lipinski definition) is 15. The van der Waals surface area contributed by atoms with Crippen molar-refractivity contribution in [3.05, 3.63) is 82.9 Å². The number of aliphatic hydroxyl groups excluding tert-OH is 2. The molecule has 2 bridgehead atoms. The third kappa shape index (κ3) is 8.13. The number of ketones is 1. The molecule has 15 nitrogen and oxygen atoms in total. The first-order valence-corrected chi connectivity index (χ1v) is 21.0. The Morgan fingerprint density at radius 1 is 0.918 bits per heavy atom. The Balaban J connectivity index is 1.54. The van der Waals surface area contributed by atoms with Gasteiger partial charge in [-0.05, 0) is 42.7 Å². The molecule has 2 saturated carbocycles. The number of carbonyl (C=O) groups excluding carboxylic acids is 6. The van der Waals surface area contributed by atoms with Crippen LogP contribution in [0.2, 0.25) is 0 Å². The number of ether oxygens (including phenoxy) is 5. The van der Waals surface area contributed by atoms with Gasteiger partial charge < -0.3 is 44.3 Å². The summed E-state index contributed by atoms with van der Waals surface area (Å²) in [6, 6.07) is 14.9. The largest absolute Gasteiger partial charge is 0.456 e. The predicted molar refractivity (Wildman–Crippen MR) is 220 cm³/mol. The number of aliphatic hydroxyl groups is 3. The molecule has 0 aromatic heterocycles. The summed E-state index contributed by atoms with van der Waals surface area (Å²) < 4.78 is 29.7. The Morgan fingerprint density at radius 3 is 2.07 bits per heavy atom. The number of esters is 4. The topological polar surface area (TPSA) is 221 Å². The fourth-order valence-electron chi connectivity index (χ4n) is 9.80. The molecule has 1 heterocycles. The molecule has 4 aliphatic rings. The zero-order valence-corrected chi connectivity index (χ0v) is 36.6. The fraction of sp³-hybridized carbons (Fsp3) is 0.556. The van der Waals surface area contributed by atoms with Gasteiger partial charge in [-0.15, -0.1) is 0 Å². The molecule has 330 valence electrons. The van der Waals surface area contributed by atoms with Crippen LogP contribution in [0.1, 0.15) is 97.1 Å². The van der Waals surface area contributed by atoms with Gasteiger partial charge in [0, 0.05) is 36.9 Å². The van der Waals surface area contributed by atoms with Crippen LogP contribution >= 0.6 is 11.8 Å². The predicted octanol–water partition coefficient (Wildman–Crippen LogP) is 4.55. The van der Waals surface area contributed by atoms with Crippen molar-refractivity contribution in [3.8, 4) is 0 Å². The van der Waals surface area contributed by atoms with Gasteiger partial charge in [0.2, 0.25) is 0 Å². The van der Waals surface area contributed by atoms with E-state index in [-0.39, 0.29) is 29.7 Å². The molecule has 6 rings (SSSR count). The van der Waals surface area contributed by atoms with Crippen molar-refractivity contribution < 1.29 is 67.8 Å². The minimum absolute atomic E-state index is 0.00406. The van der Waals surface area contributed by atoms with Crippen molar-refractivity contribution in [2.24, 2.45) is 16.7 Å². The van der Waals surface area contributed by atoms with Crippen LogP contribution in [-0.2, 0) is 42.9 Å². The smallest absolute Gasteiger partial charge is 0.338 e. The molecule has 3 aliphatic carbocycles. The highest BCUT2D eigenvalue weighted by molar-refractivity contribution is 8.14. The SMILES string of the molecule is CC(=O)O[C@H]1C(=O)[C@@]2(C)[C@H]([C@H](OC(=O)c3ccccc3)[C@]3(O)C[C@H](OC(=O)[C@H](O)[C@@H](NC(=O)SC(C)(C)C)c4ccccc4)C(C)=C1C3(C)C)[C@]1(OC(C)=O)CO[C@@H]1C[C@@H]2O. The maximum atomic E-state index is 15.5. The lowest BCUT2D eigenvalue weighted by Crippen LogP contribution is -2.82. The van der Waals surface area contributed by atoms with Gasteiger partial charge in [0.05, 0.1) is 35.6 Å². The summed E-state index contributed by atoms with van der Waals surface area (Å²) in [5.74, 6) is -6.21. The summed E-state index contributed by atoms with van der Waals surface area (Å²) in [7, 11) is 0. The number of nitrogens with one attached hydrogen (secondary N) is 1. The number of rotatable bonds is 9. The van der Waals surface area contributed by atoms with Gasteiger partial charge in [0.15, 0.2) is 23.6 Å². The van der Waals surface area contributed by atoms with Crippen LogP contribution in [0.4, 0.5) is 4.79 Å². The van der Waals surface area contributed by atoms with E-state index in [1.165, 1.54) is 26.0 Å². The molecule has 16 heteroatoms. The minimum atomic E-state index is -2.38. The average molecular weight is 866 g/mol. The average Bonchev–Trinajstić information content (AvgIpc) is 3.17. The molecule has 0 radical (unpaired) electrons. The molecule has 1 aliphatic heterocycles. The second-order valence-corrected chi connectivity index (χ2v) is 20.0. The van der Waals surface area contributed by atoms with Crippen LogP contribution in [-0.4, -0.2) is 109 Å². The van der Waals surface area contributed by atoms with Crippen molar-refractivity contribution in [1.82, 2.24) is 5.32 Å². The van der Waals surface area contributed by atoms with Crippen LogP contribution in [0.3, 0.4) is 0 Å². The summed E-state index contributed by atoms with van der Waals surface area (Å²) in [6.45, 7) is 13.5. The lowest BCUT2D eigenvalue weighted by atomic mass is 9.44. The number of amides is 1. The van der Waals surface area contributed by atoms with Crippen molar-refractivity contribution in [3.63, 3.8) is 0 Å². The molecule has 0 spiro atoms. The fourth-order valence-corrected chi connectivity index (χ4v) is 10.5. The van der Waals surface area contributed by atoms with E-state index in [2.05, 4.69) is 5.32 Å². The van der Waals surface area contributed by atoms with Crippen LogP contribution < -0.4 is 5.32 Å². The van der Waals surface area contributed by atoms with E-state index < -0.39 is 117 Å². The molecule has 2 aromatic rings. The first-order chi connectivity index (χ1) is 28.4. The number of benzene rings is 2. The van der Waals surface area contributed by atoms with E-state index in [0.717, 1.165) is 25.6 Å². The van der Waals surface area contributed by atoms with E-state index >= 15 is 4.79 Å². The minimum Gasteiger partial charge on any atom is -0.456 e. The van der Waals surface area contributed by atoms with Gasteiger partial charge in [0.25, 0.3) is 5.24 Å². The molecule has 11 atom stereocenters. The summed E-state index contributed by atoms with van der Waals surface area (Å²) in [5.41, 5.74) is -7.21. The van der Waals surface area contributed by atoms with Gasteiger partial charge in [-0.1, -0.05) is 94.9 Å². The Kier molecular flexibility index (Phi) is 12.5. The molecule has 0 unspecified atom stereocenters. The molecular weight excluding hydrogens is 811 g/mol. The van der Waals surface area contributed by atoms with Crippen LogP contribution in [0, 0.1) is 16.7 Å². The highest BCUT2D eigenvalue weighted by Gasteiger charge is 2.78. The Bertz CT molecular complexity index is 2100. The first-order valence-electron chi connectivity index (χ1n) is 20.2. The Morgan fingerprint density at radius 2 is 1.52 bits per heavy atom. The maximum Gasteiger partial charge on any atom is 0.338 e. The number of fused-ring (bicyclic) bond motifs is 5. The van der Waals surface area contributed by atoms with Gasteiger partial charge in [-0.3, -0.25) is 19.2 Å². The first kappa shape index (κ1) is 45.9. The monoisotopic (exact) mass is 865 g/mol. The molecule has 61 heavy (non-hydrogen) atoms. The van der Waals surface area contributed by atoms with Gasteiger partial charge >= 0.3 is 23.9 Å². The van der Waals surface area contributed by atoms with E-state index in [0.29, 0.717) is 5.56 Å². The standard InChI is InChI=1S/C45H55NO14S/c1-23-28(58-39(53)33(50)32(26-16-12-10-13-17-26)46-40(54)61-41(4,5)6)21-45(55)37(59-38(52)27-18-14-11-15-19-27)35-43(9,29(49)20-30-44(35,22-56-30)60-25(3)48)36(51)34(57-24(2)47)31(23)42(45,7)8/h10-19,28-30,32-35,37,49-50,55H,20-22H2,1-9H3,(H,46,54)/t28-,29-,30+,32-,33+,34+,35-,37-,43+,44-,45+/m0/s1. The quantitative estimate of drug-likeness (QED) is 0.154. The molecule has 4 N–H and O–H groups in total. The third-order valence-electron chi connectivity index (χ3n) is 12.8. The highest BCUT2D eigenvalue weighted by Crippen LogP contribution is 2.64. The van der Waals surface area contributed by atoms with Crippen molar-refractivity contribution in [2.75, 3.05) is 6.61 Å². The maximum absolute atomic E-state index is 15.5. The molecule has 3 fully saturated rings. The van der Waals surface area contributed by atoms with Crippen molar-refractivity contribution in [1.29, 1.82) is 0 Å². The number of Topliss-reactive ketones (excluding diaryl/α,β-unsaturated/α-hetero) is 1. The van der Waals surface area contributed by atoms with E-state index in [9.17, 15) is 39.3 Å². The van der Waals surface area contributed by atoms with Crippen molar-refractivity contribution in [2.45, 2.75) is 134 Å². The number of hydrogen-bond donors (Lipinski definition) is 4. The summed E-state index contributed by atoms with van der Waals surface area (Å²) >= 11 is 0.959. The lowest BCUT2D eigenvalue weighted by molar-refractivity contribution is -0.346. The molecule has 1 amide bonds. The zero-order valence-electron chi connectivity index (χ0n) is 35.8. The van der Waals surface area contributed by atoms with Gasteiger partial charge in [-0.25, -0.2) is 9.59 Å². The van der Waals surface area contributed by atoms with Crippen LogP contribution in [0.25, 0.3) is 0 Å². The van der Waals surface area contributed by atoms with Gasteiger partial charge in [0.1, 0.15) is 23.9 Å². The Labute approximate surface area is 358 Å². The molecule has 2 aromatic carbocycles. The van der Waals surface area contributed by atoms with Crippen LogP contribution in [0.15, 0.2) is 71.8 Å². The van der Waals surface area contributed by atoms with E-state index in [4.69, 9.17) is 23.7 Å². The third-order valence-corrected chi connectivity index (χ3v) is 13.7. The second-order valence-electron chi connectivity index (χ2n) is 18.2. The van der Waals surface area contributed by atoms with E-state index in [1.807, 2.05) is 20.8 Å².